The summed E-state index contributed by atoms with van der Waals surface area (Å²) in [6.07, 6.45) is 1.62. The fraction of sp³-hybridized carbons (Fsp3) is 0.500. The van der Waals surface area contributed by atoms with Gasteiger partial charge in [0.2, 0.25) is 5.91 Å². The SMILES string of the molecule is CCOC(=O)CCCNC(=O)C1CC(c2ccccc2)NN1. The highest BCUT2D eigenvalue weighted by atomic mass is 16.5. The van der Waals surface area contributed by atoms with E-state index in [1.165, 1.54) is 0 Å². The molecule has 0 aromatic heterocycles. The van der Waals surface area contributed by atoms with Crippen LogP contribution in [-0.2, 0) is 14.3 Å². The first-order valence-electron chi connectivity index (χ1n) is 7.70. The maximum Gasteiger partial charge on any atom is 0.305 e. The number of benzene rings is 1. The monoisotopic (exact) mass is 305 g/mol. The molecule has 0 bridgehead atoms. The molecular formula is C16H23N3O3. The molecule has 22 heavy (non-hydrogen) atoms. The molecule has 1 aromatic rings. The van der Waals surface area contributed by atoms with E-state index >= 15 is 0 Å². The van der Waals surface area contributed by atoms with Crippen LogP contribution in [-0.4, -0.2) is 31.1 Å². The molecule has 1 amide bonds. The normalized spacial score (nSPS) is 20.6. The molecule has 0 radical (unpaired) electrons. The zero-order valence-electron chi connectivity index (χ0n) is 12.8. The number of amides is 1. The van der Waals surface area contributed by atoms with Gasteiger partial charge in [-0.25, -0.2) is 10.9 Å². The van der Waals surface area contributed by atoms with Crippen LogP contribution in [0.15, 0.2) is 30.3 Å². The maximum absolute atomic E-state index is 12.1. The number of nitrogens with one attached hydrogen (secondary N) is 3. The zero-order valence-corrected chi connectivity index (χ0v) is 12.8. The summed E-state index contributed by atoms with van der Waals surface area (Å²) < 4.78 is 4.84. The lowest BCUT2D eigenvalue weighted by atomic mass is 10.0. The Morgan fingerprint density at radius 3 is 2.77 bits per heavy atom. The third-order valence-electron chi connectivity index (χ3n) is 3.58. The van der Waals surface area contributed by atoms with Gasteiger partial charge in [0.1, 0.15) is 6.04 Å². The molecule has 0 aliphatic carbocycles. The fourth-order valence-electron chi connectivity index (χ4n) is 2.43. The third-order valence-corrected chi connectivity index (χ3v) is 3.58. The molecular weight excluding hydrogens is 282 g/mol. The van der Waals surface area contributed by atoms with Crippen molar-refractivity contribution in [2.45, 2.75) is 38.3 Å². The van der Waals surface area contributed by atoms with Crippen LogP contribution in [0.2, 0.25) is 0 Å². The molecule has 1 aliphatic heterocycles. The van der Waals surface area contributed by atoms with E-state index in [4.69, 9.17) is 4.74 Å². The zero-order chi connectivity index (χ0) is 15.8. The average Bonchev–Trinajstić information content (AvgIpc) is 3.02. The molecule has 1 heterocycles. The van der Waals surface area contributed by atoms with Crippen molar-refractivity contribution in [1.82, 2.24) is 16.2 Å². The van der Waals surface area contributed by atoms with E-state index in [1.807, 2.05) is 30.3 Å². The molecule has 1 aromatic carbocycles. The Hall–Kier alpha value is -1.92. The summed E-state index contributed by atoms with van der Waals surface area (Å²) in [5.74, 6) is -0.267. The van der Waals surface area contributed by atoms with Crippen LogP contribution in [0.3, 0.4) is 0 Å². The minimum Gasteiger partial charge on any atom is -0.466 e. The maximum atomic E-state index is 12.1. The highest BCUT2D eigenvalue weighted by molar-refractivity contribution is 5.82. The molecule has 0 saturated carbocycles. The van der Waals surface area contributed by atoms with E-state index in [9.17, 15) is 9.59 Å². The van der Waals surface area contributed by atoms with Gasteiger partial charge in [0.15, 0.2) is 0 Å². The van der Waals surface area contributed by atoms with Crippen molar-refractivity contribution in [2.24, 2.45) is 0 Å². The van der Waals surface area contributed by atoms with E-state index in [1.54, 1.807) is 6.92 Å². The summed E-state index contributed by atoms with van der Waals surface area (Å²) in [4.78, 5) is 23.2. The third kappa shape index (κ3) is 4.82. The molecule has 2 rings (SSSR count). The number of rotatable bonds is 7. The quantitative estimate of drug-likeness (QED) is 0.518. The Labute approximate surface area is 130 Å². The first kappa shape index (κ1) is 16.5. The Morgan fingerprint density at radius 1 is 1.27 bits per heavy atom. The lowest BCUT2D eigenvalue weighted by Gasteiger charge is -2.10. The lowest BCUT2D eigenvalue weighted by Crippen LogP contribution is -2.43. The highest BCUT2D eigenvalue weighted by Crippen LogP contribution is 2.21. The van der Waals surface area contributed by atoms with Crippen LogP contribution in [0.4, 0.5) is 0 Å². The van der Waals surface area contributed by atoms with Gasteiger partial charge < -0.3 is 10.1 Å². The largest absolute Gasteiger partial charge is 0.466 e. The molecule has 2 unspecified atom stereocenters. The van der Waals surface area contributed by atoms with Gasteiger partial charge in [-0.1, -0.05) is 30.3 Å². The van der Waals surface area contributed by atoms with Gasteiger partial charge in [-0.2, -0.15) is 0 Å². The van der Waals surface area contributed by atoms with E-state index < -0.39 is 0 Å². The van der Waals surface area contributed by atoms with Crippen molar-refractivity contribution in [1.29, 1.82) is 0 Å². The molecule has 6 heteroatoms. The average molecular weight is 305 g/mol. The van der Waals surface area contributed by atoms with Gasteiger partial charge in [0.25, 0.3) is 0 Å². The first-order valence-corrected chi connectivity index (χ1v) is 7.70. The standard InChI is InChI=1S/C16H23N3O3/c1-2-22-15(20)9-6-10-17-16(21)14-11-13(18-19-14)12-7-4-3-5-8-12/h3-5,7-8,13-14,18-19H,2,6,9-11H2,1H3,(H,17,21). The van der Waals surface area contributed by atoms with Crippen LogP contribution < -0.4 is 16.2 Å². The number of hydrazine groups is 1. The number of carbonyl (C=O) groups is 2. The number of hydrogen-bond donors (Lipinski definition) is 3. The smallest absolute Gasteiger partial charge is 0.305 e. The second-order valence-electron chi connectivity index (χ2n) is 5.24. The molecule has 1 fully saturated rings. The van der Waals surface area contributed by atoms with Crippen molar-refractivity contribution in [3.63, 3.8) is 0 Å². The predicted octanol–water partition coefficient (Wildman–Crippen LogP) is 1.05. The summed E-state index contributed by atoms with van der Waals surface area (Å²) >= 11 is 0. The van der Waals surface area contributed by atoms with Crippen molar-refractivity contribution in [3.8, 4) is 0 Å². The van der Waals surface area contributed by atoms with E-state index in [-0.39, 0.29) is 24.0 Å². The van der Waals surface area contributed by atoms with Gasteiger partial charge >= 0.3 is 5.97 Å². The summed E-state index contributed by atoms with van der Waals surface area (Å²) in [7, 11) is 0. The minimum atomic E-state index is -0.257. The summed E-state index contributed by atoms with van der Waals surface area (Å²) in [5, 5.41) is 2.84. The predicted molar refractivity (Wildman–Crippen MR) is 82.7 cm³/mol. The molecule has 2 atom stereocenters. The Kier molecular flexibility index (Phi) is 6.36. The van der Waals surface area contributed by atoms with Gasteiger partial charge in [-0.15, -0.1) is 0 Å². The van der Waals surface area contributed by atoms with Crippen molar-refractivity contribution >= 4 is 11.9 Å². The van der Waals surface area contributed by atoms with Crippen LogP contribution in [0.5, 0.6) is 0 Å². The summed E-state index contributed by atoms with van der Waals surface area (Å²) in [6, 6.07) is 9.90. The first-order chi connectivity index (χ1) is 10.7. The molecule has 3 N–H and O–H groups in total. The van der Waals surface area contributed by atoms with Gasteiger partial charge in [0, 0.05) is 19.0 Å². The second-order valence-corrected chi connectivity index (χ2v) is 5.24. The van der Waals surface area contributed by atoms with Gasteiger partial charge in [-0.05, 0) is 25.3 Å². The molecule has 120 valence electrons. The van der Waals surface area contributed by atoms with Gasteiger partial charge in [-0.3, -0.25) is 9.59 Å². The molecule has 1 saturated heterocycles. The Bertz CT molecular complexity index is 493. The van der Waals surface area contributed by atoms with Crippen molar-refractivity contribution in [2.75, 3.05) is 13.2 Å². The summed E-state index contributed by atoms with van der Waals surface area (Å²) in [6.45, 7) is 2.65. The van der Waals surface area contributed by atoms with E-state index in [0.717, 1.165) is 5.56 Å². The van der Waals surface area contributed by atoms with Crippen LogP contribution in [0.1, 0.15) is 37.8 Å². The van der Waals surface area contributed by atoms with E-state index in [2.05, 4.69) is 16.2 Å². The number of esters is 1. The number of hydrogen-bond acceptors (Lipinski definition) is 5. The van der Waals surface area contributed by atoms with Crippen LogP contribution in [0.25, 0.3) is 0 Å². The van der Waals surface area contributed by atoms with Crippen LogP contribution >= 0.6 is 0 Å². The van der Waals surface area contributed by atoms with Crippen LogP contribution in [0, 0.1) is 0 Å². The van der Waals surface area contributed by atoms with E-state index in [0.29, 0.717) is 32.4 Å². The number of carbonyl (C=O) groups excluding carboxylic acids is 2. The lowest BCUT2D eigenvalue weighted by molar-refractivity contribution is -0.143. The Morgan fingerprint density at radius 2 is 2.05 bits per heavy atom. The topological polar surface area (TPSA) is 79.5 Å². The van der Waals surface area contributed by atoms with Crippen molar-refractivity contribution in [3.05, 3.63) is 35.9 Å². The molecule has 0 spiro atoms. The number of ether oxygens (including phenoxy) is 1. The van der Waals surface area contributed by atoms with Crippen molar-refractivity contribution < 1.29 is 14.3 Å². The fourth-order valence-corrected chi connectivity index (χ4v) is 2.43. The minimum absolute atomic E-state index is 0.0465. The molecule has 1 aliphatic rings. The Balaban J connectivity index is 1.68. The highest BCUT2D eigenvalue weighted by Gasteiger charge is 2.29. The molecule has 6 nitrogen and oxygen atoms in total. The summed E-state index contributed by atoms with van der Waals surface area (Å²) in [5.41, 5.74) is 7.33. The second kappa shape index (κ2) is 8.51. The van der Waals surface area contributed by atoms with Gasteiger partial charge in [0.05, 0.1) is 6.61 Å².